The van der Waals surface area contributed by atoms with E-state index in [1.54, 1.807) is 13.8 Å². The van der Waals surface area contributed by atoms with E-state index in [0.717, 1.165) is 5.39 Å². The Morgan fingerprint density at radius 2 is 1.69 bits per heavy atom. The number of fused-ring (bicyclic) bond motifs is 3. The molecular formula is C26H29N3O3. The van der Waals surface area contributed by atoms with Gasteiger partial charge in [0.1, 0.15) is 18.0 Å². The summed E-state index contributed by atoms with van der Waals surface area (Å²) in [6, 6.07) is 5.67. The van der Waals surface area contributed by atoms with Crippen molar-refractivity contribution in [3.8, 4) is 23.7 Å². The highest BCUT2D eigenvalue weighted by Crippen LogP contribution is 2.32. The fourth-order valence-corrected chi connectivity index (χ4v) is 3.09. The van der Waals surface area contributed by atoms with Crippen molar-refractivity contribution in [2.45, 2.75) is 59.8 Å². The summed E-state index contributed by atoms with van der Waals surface area (Å²) >= 11 is 0. The smallest absolute Gasteiger partial charge is 0.258 e. The average molecular weight is 432 g/mol. The first-order valence-electron chi connectivity index (χ1n) is 10.6. The molecule has 0 aliphatic heterocycles. The highest BCUT2D eigenvalue weighted by molar-refractivity contribution is 6.11. The molecule has 3 atom stereocenters. The van der Waals surface area contributed by atoms with Crippen LogP contribution in [0, 0.1) is 29.1 Å². The normalized spacial score (nSPS) is 14.1. The van der Waals surface area contributed by atoms with E-state index in [9.17, 15) is 15.0 Å². The average Bonchev–Trinajstić information content (AvgIpc) is 2.70. The number of hydrogen-bond donors (Lipinski definition) is 4. The van der Waals surface area contributed by atoms with Gasteiger partial charge in [-0.1, -0.05) is 44.5 Å². The van der Waals surface area contributed by atoms with Crippen LogP contribution in [0.15, 0.2) is 29.2 Å². The van der Waals surface area contributed by atoms with Crippen LogP contribution in [0.2, 0.25) is 0 Å². The minimum absolute atomic E-state index is 0.0191. The molecule has 0 saturated heterocycles. The highest BCUT2D eigenvalue weighted by Gasteiger charge is 2.22. The Balaban J connectivity index is 2.39. The number of H-pyrrole nitrogens is 1. The van der Waals surface area contributed by atoms with Crippen LogP contribution in [0.3, 0.4) is 0 Å². The summed E-state index contributed by atoms with van der Waals surface area (Å²) in [5, 5.41) is 24.5. The van der Waals surface area contributed by atoms with Gasteiger partial charge in [-0.05, 0) is 44.4 Å². The Morgan fingerprint density at radius 1 is 1.03 bits per heavy atom. The predicted molar refractivity (Wildman–Crippen MR) is 130 cm³/mol. The van der Waals surface area contributed by atoms with E-state index in [1.807, 2.05) is 18.2 Å². The standard InChI is InChI=1S/C26H29N3O3/c1-15(30)7-9-18-10-12-20-21(13-18)22-23(29-24(20)28-17(3)26(4,5)6)19(11-8-16(2)31)14-27-25(22)32/h10,12-17,30-31H,1-6H3,(H,27,32)(H,28,29)/t15?,16-,17?/m0/s1. The van der Waals surface area contributed by atoms with Gasteiger partial charge in [-0.3, -0.25) is 4.79 Å². The second-order valence-corrected chi connectivity index (χ2v) is 9.10. The first kappa shape index (κ1) is 23.3. The Morgan fingerprint density at radius 3 is 2.31 bits per heavy atom. The lowest BCUT2D eigenvalue weighted by Gasteiger charge is -2.29. The number of benzene rings is 1. The van der Waals surface area contributed by atoms with E-state index in [2.05, 4.69) is 61.7 Å². The fraction of sp³-hybridized carbons (Fsp3) is 0.385. The first-order chi connectivity index (χ1) is 15.0. The van der Waals surface area contributed by atoms with Crippen molar-refractivity contribution in [3.05, 3.63) is 45.9 Å². The number of aliphatic hydroxyl groups excluding tert-OH is 2. The molecule has 2 heterocycles. The van der Waals surface area contributed by atoms with Crippen LogP contribution in [0.4, 0.5) is 5.82 Å². The van der Waals surface area contributed by atoms with E-state index >= 15 is 0 Å². The largest absolute Gasteiger partial charge is 0.381 e. The third kappa shape index (κ3) is 5.11. The maximum atomic E-state index is 12.9. The van der Waals surface area contributed by atoms with Crippen LogP contribution in [0.5, 0.6) is 0 Å². The van der Waals surface area contributed by atoms with Crippen molar-refractivity contribution in [1.82, 2.24) is 9.97 Å². The molecule has 0 bridgehead atoms. The van der Waals surface area contributed by atoms with Crippen LogP contribution < -0.4 is 10.9 Å². The molecule has 4 N–H and O–H groups in total. The van der Waals surface area contributed by atoms with Crippen molar-refractivity contribution in [3.63, 3.8) is 0 Å². The van der Waals surface area contributed by atoms with Crippen molar-refractivity contribution in [2.75, 3.05) is 5.32 Å². The number of hydrogen-bond acceptors (Lipinski definition) is 5. The van der Waals surface area contributed by atoms with Gasteiger partial charge >= 0.3 is 0 Å². The lowest BCUT2D eigenvalue weighted by Crippen LogP contribution is -2.31. The molecule has 0 aliphatic rings. The summed E-state index contributed by atoms with van der Waals surface area (Å²) in [6.07, 6.45) is -0.0405. The molecule has 1 aromatic carbocycles. The van der Waals surface area contributed by atoms with Crippen LogP contribution >= 0.6 is 0 Å². The summed E-state index contributed by atoms with van der Waals surface area (Å²) < 4.78 is 0. The topological polar surface area (TPSA) is 98.2 Å². The monoisotopic (exact) mass is 431 g/mol. The van der Waals surface area contributed by atoms with E-state index < -0.39 is 12.2 Å². The summed E-state index contributed by atoms with van der Waals surface area (Å²) in [5.41, 5.74) is 1.36. The van der Waals surface area contributed by atoms with Crippen LogP contribution in [0.25, 0.3) is 21.7 Å². The highest BCUT2D eigenvalue weighted by atomic mass is 16.3. The molecule has 3 aromatic rings. The predicted octanol–water partition coefficient (Wildman–Crippen LogP) is 3.39. The van der Waals surface area contributed by atoms with Crippen LogP contribution in [0.1, 0.15) is 52.7 Å². The van der Waals surface area contributed by atoms with Gasteiger partial charge in [0.25, 0.3) is 5.56 Å². The Kier molecular flexibility index (Phi) is 6.60. The van der Waals surface area contributed by atoms with Crippen molar-refractivity contribution < 1.29 is 10.2 Å². The van der Waals surface area contributed by atoms with E-state index in [4.69, 9.17) is 4.98 Å². The number of aromatic nitrogens is 2. The summed E-state index contributed by atoms with van der Waals surface area (Å²) in [6.45, 7) is 11.7. The molecule has 0 fully saturated rings. The van der Waals surface area contributed by atoms with Gasteiger partial charge in [0.05, 0.1) is 16.5 Å². The minimum Gasteiger partial charge on any atom is -0.381 e. The van der Waals surface area contributed by atoms with Gasteiger partial charge in [-0.15, -0.1) is 0 Å². The molecule has 32 heavy (non-hydrogen) atoms. The van der Waals surface area contributed by atoms with Crippen LogP contribution in [-0.2, 0) is 0 Å². The van der Waals surface area contributed by atoms with Gasteiger partial charge in [0.2, 0.25) is 0 Å². The lowest BCUT2D eigenvalue weighted by atomic mass is 9.88. The fourth-order valence-electron chi connectivity index (χ4n) is 3.09. The third-order valence-corrected chi connectivity index (χ3v) is 5.33. The van der Waals surface area contributed by atoms with Gasteiger partial charge in [0.15, 0.2) is 0 Å². The molecule has 0 saturated carbocycles. The molecule has 2 aromatic heterocycles. The van der Waals surface area contributed by atoms with E-state index in [-0.39, 0.29) is 17.0 Å². The van der Waals surface area contributed by atoms with Gasteiger partial charge in [0, 0.05) is 28.6 Å². The molecule has 166 valence electrons. The molecule has 0 amide bonds. The van der Waals surface area contributed by atoms with Gasteiger partial charge < -0.3 is 20.5 Å². The number of anilines is 1. The Bertz CT molecular complexity index is 1340. The maximum Gasteiger partial charge on any atom is 0.258 e. The zero-order chi connectivity index (χ0) is 23.6. The second kappa shape index (κ2) is 9.04. The quantitative estimate of drug-likeness (QED) is 0.368. The molecule has 2 unspecified atom stereocenters. The van der Waals surface area contributed by atoms with Gasteiger partial charge in [-0.2, -0.15) is 0 Å². The minimum atomic E-state index is -0.807. The molecular weight excluding hydrogens is 402 g/mol. The SMILES string of the molecule is CC(O)C#Cc1ccc2c(NC(C)C(C)(C)C)nc3c(C#C[C@H](C)O)c[nH]c(=O)c3c2c1. The van der Waals surface area contributed by atoms with Crippen molar-refractivity contribution >= 4 is 27.5 Å². The van der Waals surface area contributed by atoms with Crippen molar-refractivity contribution in [2.24, 2.45) is 5.41 Å². The summed E-state index contributed by atoms with van der Waals surface area (Å²) in [7, 11) is 0. The van der Waals surface area contributed by atoms with E-state index in [0.29, 0.717) is 33.2 Å². The van der Waals surface area contributed by atoms with Crippen molar-refractivity contribution in [1.29, 1.82) is 0 Å². The Hall–Kier alpha value is -3.32. The summed E-state index contributed by atoms with van der Waals surface area (Å²) in [5.74, 6) is 12.0. The molecule has 0 aliphatic carbocycles. The number of nitrogens with zero attached hydrogens (tertiary/aromatic N) is 1. The zero-order valence-corrected chi connectivity index (χ0v) is 19.3. The Labute approximate surface area is 188 Å². The third-order valence-electron chi connectivity index (χ3n) is 5.33. The molecule has 6 heteroatoms. The maximum absolute atomic E-state index is 12.9. The first-order valence-corrected chi connectivity index (χ1v) is 10.6. The molecule has 6 nitrogen and oxygen atoms in total. The number of pyridine rings is 2. The lowest BCUT2D eigenvalue weighted by molar-refractivity contribution is 0.253. The van der Waals surface area contributed by atoms with Crippen LogP contribution in [-0.4, -0.2) is 38.4 Å². The summed E-state index contributed by atoms with van der Waals surface area (Å²) in [4.78, 5) is 20.4. The second-order valence-electron chi connectivity index (χ2n) is 9.10. The number of aliphatic hydroxyl groups is 2. The number of aromatic amines is 1. The molecule has 0 spiro atoms. The van der Waals surface area contributed by atoms with Gasteiger partial charge in [-0.25, -0.2) is 4.98 Å². The number of nitrogens with one attached hydrogen (secondary N) is 2. The number of rotatable bonds is 2. The molecule has 3 rings (SSSR count). The molecule has 0 radical (unpaired) electrons. The zero-order valence-electron chi connectivity index (χ0n) is 19.3. The van der Waals surface area contributed by atoms with E-state index in [1.165, 1.54) is 6.20 Å².